The number of hydrogen-bond acceptors (Lipinski definition) is 5. The van der Waals surface area contributed by atoms with Gasteiger partial charge in [-0.1, -0.05) is 30.3 Å². The molecule has 4 heterocycles. The predicted molar refractivity (Wildman–Crippen MR) is 128 cm³/mol. The number of nitrogens with zero attached hydrogens (tertiary/aromatic N) is 3. The number of anilines is 1. The van der Waals surface area contributed by atoms with Crippen LogP contribution in [0.5, 0.6) is 0 Å². The molecule has 176 valence electrons. The highest BCUT2D eigenvalue weighted by Gasteiger charge is 2.45. The van der Waals surface area contributed by atoms with Gasteiger partial charge in [-0.05, 0) is 50.3 Å². The Bertz CT molecular complexity index is 919. The van der Waals surface area contributed by atoms with Crippen molar-refractivity contribution in [2.45, 2.75) is 63.3 Å². The number of ether oxygens (including phenoxy) is 2. The molecule has 3 aliphatic rings. The zero-order valence-electron chi connectivity index (χ0n) is 19.6. The molecule has 0 bridgehead atoms. The van der Waals surface area contributed by atoms with Gasteiger partial charge in [-0.15, -0.1) is 0 Å². The Morgan fingerprint density at radius 1 is 1.09 bits per heavy atom. The van der Waals surface area contributed by atoms with Gasteiger partial charge in [0, 0.05) is 45.6 Å². The summed E-state index contributed by atoms with van der Waals surface area (Å²) in [6.07, 6.45) is 7.99. The molecule has 6 nitrogen and oxygen atoms in total. The second-order valence-corrected chi connectivity index (χ2v) is 9.61. The number of aromatic nitrogens is 1. The lowest BCUT2D eigenvalue weighted by molar-refractivity contribution is -0.190. The Morgan fingerprint density at radius 2 is 1.85 bits per heavy atom. The molecule has 0 aliphatic carbocycles. The van der Waals surface area contributed by atoms with Crippen LogP contribution in [0.1, 0.15) is 67.6 Å². The highest BCUT2D eigenvalue weighted by Crippen LogP contribution is 2.44. The summed E-state index contributed by atoms with van der Waals surface area (Å²) in [6, 6.07) is 14.4. The van der Waals surface area contributed by atoms with E-state index >= 15 is 0 Å². The van der Waals surface area contributed by atoms with E-state index in [1.807, 2.05) is 29.3 Å². The molecule has 0 saturated carbocycles. The van der Waals surface area contributed by atoms with Gasteiger partial charge in [0.25, 0.3) is 5.91 Å². The molecule has 3 aliphatic heterocycles. The van der Waals surface area contributed by atoms with E-state index in [2.05, 4.69) is 41.1 Å². The standard InChI is InChI=1S/C27H35N3O3/c1-2-32-23-18-25(21-8-4-3-5-9-21)33-27(19-23)12-16-30(17-13-27)26(31)24-11-10-22(20-28-24)29-14-6-7-15-29/h3-5,8-11,20,23,25H,2,6-7,12-19H2,1H3/t23-,25-/m0/s1. The summed E-state index contributed by atoms with van der Waals surface area (Å²) in [5.41, 5.74) is 2.63. The number of pyridine rings is 1. The smallest absolute Gasteiger partial charge is 0.272 e. The van der Waals surface area contributed by atoms with E-state index in [-0.39, 0.29) is 23.7 Å². The summed E-state index contributed by atoms with van der Waals surface area (Å²) in [4.78, 5) is 21.9. The van der Waals surface area contributed by atoms with Gasteiger partial charge in [-0.25, -0.2) is 4.98 Å². The molecule has 0 unspecified atom stereocenters. The maximum atomic E-state index is 13.1. The molecule has 3 saturated heterocycles. The van der Waals surface area contributed by atoms with Crippen LogP contribution in [0.4, 0.5) is 5.69 Å². The normalized spacial score (nSPS) is 24.9. The Morgan fingerprint density at radius 3 is 2.52 bits per heavy atom. The molecule has 2 aromatic rings. The fourth-order valence-corrected chi connectivity index (χ4v) is 5.65. The highest BCUT2D eigenvalue weighted by atomic mass is 16.5. The number of benzene rings is 1. The first kappa shape index (κ1) is 22.4. The molecular formula is C27H35N3O3. The van der Waals surface area contributed by atoms with Crippen LogP contribution in [0.3, 0.4) is 0 Å². The molecule has 3 fully saturated rings. The fourth-order valence-electron chi connectivity index (χ4n) is 5.65. The van der Waals surface area contributed by atoms with Gasteiger partial charge in [-0.2, -0.15) is 0 Å². The van der Waals surface area contributed by atoms with Crippen LogP contribution >= 0.6 is 0 Å². The molecule has 0 radical (unpaired) electrons. The number of likely N-dealkylation sites (tertiary alicyclic amines) is 1. The maximum Gasteiger partial charge on any atom is 0.272 e. The van der Waals surface area contributed by atoms with Crippen molar-refractivity contribution in [1.29, 1.82) is 0 Å². The van der Waals surface area contributed by atoms with Crippen molar-refractivity contribution in [1.82, 2.24) is 9.88 Å². The zero-order valence-corrected chi connectivity index (χ0v) is 19.6. The first-order valence-electron chi connectivity index (χ1n) is 12.5. The van der Waals surface area contributed by atoms with Crippen molar-refractivity contribution >= 4 is 11.6 Å². The fraction of sp³-hybridized carbons (Fsp3) is 0.556. The van der Waals surface area contributed by atoms with E-state index in [1.165, 1.54) is 18.4 Å². The van der Waals surface area contributed by atoms with Crippen molar-refractivity contribution in [3.63, 3.8) is 0 Å². The topological polar surface area (TPSA) is 54.9 Å². The van der Waals surface area contributed by atoms with Crippen LogP contribution in [-0.2, 0) is 9.47 Å². The van der Waals surface area contributed by atoms with Crippen molar-refractivity contribution in [2.24, 2.45) is 0 Å². The minimum absolute atomic E-state index is 0.0228. The number of hydrogen-bond donors (Lipinski definition) is 0. The number of rotatable bonds is 5. The van der Waals surface area contributed by atoms with Crippen LogP contribution in [0, 0.1) is 0 Å². The molecule has 33 heavy (non-hydrogen) atoms. The molecule has 2 atom stereocenters. The molecule has 1 spiro atoms. The first-order chi connectivity index (χ1) is 16.2. The molecule has 1 amide bonds. The van der Waals surface area contributed by atoms with Gasteiger partial charge in [0.05, 0.1) is 29.7 Å². The monoisotopic (exact) mass is 449 g/mol. The van der Waals surface area contributed by atoms with Crippen LogP contribution < -0.4 is 4.90 Å². The predicted octanol–water partition coefficient (Wildman–Crippen LogP) is 4.61. The third-order valence-corrected chi connectivity index (χ3v) is 7.44. The molecular weight excluding hydrogens is 414 g/mol. The SMILES string of the molecule is CCO[C@H]1C[C@@H](c2ccccc2)OC2(CCN(C(=O)c3ccc(N4CCCC4)cn3)CC2)C1. The van der Waals surface area contributed by atoms with Gasteiger partial charge in [0.15, 0.2) is 0 Å². The molecule has 6 heteroatoms. The van der Waals surface area contributed by atoms with Crippen molar-refractivity contribution in [2.75, 3.05) is 37.7 Å². The summed E-state index contributed by atoms with van der Waals surface area (Å²) >= 11 is 0. The van der Waals surface area contributed by atoms with Crippen molar-refractivity contribution < 1.29 is 14.3 Å². The van der Waals surface area contributed by atoms with Gasteiger partial charge in [-0.3, -0.25) is 4.79 Å². The summed E-state index contributed by atoms with van der Waals surface area (Å²) in [5, 5.41) is 0. The van der Waals surface area contributed by atoms with E-state index in [0.717, 1.165) is 44.5 Å². The number of carbonyl (C=O) groups excluding carboxylic acids is 1. The Labute approximate surface area is 196 Å². The third kappa shape index (κ3) is 4.92. The van der Waals surface area contributed by atoms with Crippen molar-refractivity contribution in [3.05, 3.63) is 59.9 Å². The lowest BCUT2D eigenvalue weighted by atomic mass is 9.80. The number of piperidine rings is 1. The average Bonchev–Trinajstić information content (AvgIpc) is 3.40. The second kappa shape index (κ2) is 9.82. The van der Waals surface area contributed by atoms with Crippen molar-refractivity contribution in [3.8, 4) is 0 Å². The maximum absolute atomic E-state index is 13.1. The third-order valence-electron chi connectivity index (χ3n) is 7.44. The molecule has 1 aromatic carbocycles. The van der Waals surface area contributed by atoms with E-state index in [0.29, 0.717) is 25.4 Å². The van der Waals surface area contributed by atoms with Crippen LogP contribution in [-0.4, -0.2) is 60.3 Å². The largest absolute Gasteiger partial charge is 0.378 e. The molecule has 5 rings (SSSR count). The first-order valence-corrected chi connectivity index (χ1v) is 12.5. The summed E-state index contributed by atoms with van der Waals surface area (Å²) < 4.78 is 12.8. The summed E-state index contributed by atoms with van der Waals surface area (Å²) in [7, 11) is 0. The second-order valence-electron chi connectivity index (χ2n) is 9.61. The quantitative estimate of drug-likeness (QED) is 0.667. The minimum Gasteiger partial charge on any atom is -0.378 e. The lowest BCUT2D eigenvalue weighted by Gasteiger charge is -2.48. The van der Waals surface area contributed by atoms with Gasteiger partial charge in [0.1, 0.15) is 5.69 Å². The lowest BCUT2D eigenvalue weighted by Crippen LogP contribution is -2.52. The van der Waals surface area contributed by atoms with Crippen LogP contribution in [0.25, 0.3) is 0 Å². The molecule has 1 aromatic heterocycles. The summed E-state index contributed by atoms with van der Waals surface area (Å²) in [5.74, 6) is 0.0228. The van der Waals surface area contributed by atoms with Gasteiger partial charge >= 0.3 is 0 Å². The Kier molecular flexibility index (Phi) is 6.65. The van der Waals surface area contributed by atoms with E-state index in [1.54, 1.807) is 0 Å². The Hall–Kier alpha value is -2.44. The van der Waals surface area contributed by atoms with E-state index in [9.17, 15) is 4.79 Å². The number of amides is 1. The zero-order chi connectivity index (χ0) is 22.7. The van der Waals surface area contributed by atoms with Crippen LogP contribution in [0.15, 0.2) is 48.7 Å². The van der Waals surface area contributed by atoms with E-state index in [4.69, 9.17) is 9.47 Å². The minimum atomic E-state index is -0.234. The highest BCUT2D eigenvalue weighted by molar-refractivity contribution is 5.92. The van der Waals surface area contributed by atoms with Gasteiger partial charge < -0.3 is 19.3 Å². The number of carbonyl (C=O) groups is 1. The molecule has 0 N–H and O–H groups in total. The van der Waals surface area contributed by atoms with Gasteiger partial charge in [0.2, 0.25) is 0 Å². The van der Waals surface area contributed by atoms with Crippen LogP contribution in [0.2, 0.25) is 0 Å². The van der Waals surface area contributed by atoms with E-state index < -0.39 is 0 Å². The average molecular weight is 450 g/mol. The summed E-state index contributed by atoms with van der Waals surface area (Å²) in [6.45, 7) is 6.31. The Balaban J connectivity index is 1.24.